The van der Waals surface area contributed by atoms with E-state index in [0.29, 0.717) is 0 Å². The van der Waals surface area contributed by atoms with Gasteiger partial charge in [-0.25, -0.2) is 0 Å². The molecule has 3 rings (SSSR count). The first kappa shape index (κ1) is 21.1. The van der Waals surface area contributed by atoms with E-state index >= 15 is 0 Å². The highest BCUT2D eigenvalue weighted by Crippen LogP contribution is 2.54. The molecule has 0 aliphatic heterocycles. The molecule has 0 N–H and O–H groups in total. The van der Waals surface area contributed by atoms with Crippen molar-refractivity contribution in [1.29, 1.82) is 0 Å². The molecule has 0 radical (unpaired) electrons. The Morgan fingerprint density at radius 3 is 0.966 bits per heavy atom. The first-order valence-electron chi connectivity index (χ1n) is 9.63. The van der Waals surface area contributed by atoms with Crippen LogP contribution in [0.4, 0.5) is 0 Å². The number of benzene rings is 3. The molecule has 0 amide bonds. The summed E-state index contributed by atoms with van der Waals surface area (Å²) in [5, 5.41) is 0. The predicted molar refractivity (Wildman–Crippen MR) is 124 cm³/mol. The summed E-state index contributed by atoms with van der Waals surface area (Å²) < 4.78 is 15.9. The van der Waals surface area contributed by atoms with Crippen molar-refractivity contribution in [3.63, 3.8) is 0 Å². The largest absolute Gasteiger partial charge is 0.497 e. The van der Waals surface area contributed by atoms with Gasteiger partial charge in [0.1, 0.15) is 17.2 Å². The van der Waals surface area contributed by atoms with Crippen LogP contribution in [-0.2, 0) is 18.5 Å². The Labute approximate surface area is 174 Å². The van der Waals surface area contributed by atoms with E-state index in [9.17, 15) is 0 Å². The van der Waals surface area contributed by atoms with Crippen LogP contribution in [0.3, 0.4) is 0 Å². The highest BCUT2D eigenvalue weighted by molar-refractivity contribution is 7.71. The minimum Gasteiger partial charge on any atom is -0.497 e. The minimum absolute atomic E-state index is 0.882. The van der Waals surface area contributed by atoms with Gasteiger partial charge in [0, 0.05) is 0 Å². The minimum atomic E-state index is -1.58. The maximum Gasteiger partial charge on any atom is 0.118 e. The van der Waals surface area contributed by atoms with Crippen molar-refractivity contribution in [3.05, 3.63) is 89.5 Å². The van der Waals surface area contributed by atoms with Gasteiger partial charge >= 0.3 is 0 Å². The lowest BCUT2D eigenvalue weighted by atomic mass is 10.2. The van der Waals surface area contributed by atoms with Crippen molar-refractivity contribution in [1.82, 2.24) is 0 Å². The zero-order chi connectivity index (χ0) is 20.7. The van der Waals surface area contributed by atoms with Gasteiger partial charge in [0.15, 0.2) is 0 Å². The van der Waals surface area contributed by atoms with E-state index in [1.54, 1.807) is 21.3 Å². The fourth-order valence-electron chi connectivity index (χ4n) is 3.52. The molecule has 4 heteroatoms. The standard InChI is InChI=1S/C25H29O3P/c1-26-23-11-5-20(6-12-23)17-29(4,18-21-7-13-24(27-2)14-8-21)19-22-9-15-25(28-3)16-10-22/h5-16H,4,17-19H2,1-3H3. The summed E-state index contributed by atoms with van der Waals surface area (Å²) in [6.07, 6.45) is 7.74. The monoisotopic (exact) mass is 408 g/mol. The van der Waals surface area contributed by atoms with Crippen molar-refractivity contribution >= 4 is 13.2 Å². The summed E-state index contributed by atoms with van der Waals surface area (Å²) in [5.74, 6) is 2.64. The maximum atomic E-state index is 5.30. The average Bonchev–Trinajstić information content (AvgIpc) is 2.75. The van der Waals surface area contributed by atoms with Gasteiger partial charge in [-0.2, -0.15) is 0 Å². The molecule has 0 heterocycles. The summed E-state index contributed by atoms with van der Waals surface area (Å²) in [6, 6.07) is 25.1. The smallest absolute Gasteiger partial charge is 0.118 e. The third-order valence-electron chi connectivity index (χ3n) is 5.03. The summed E-state index contributed by atoms with van der Waals surface area (Å²) >= 11 is 0. The second kappa shape index (κ2) is 9.71. The number of methoxy groups -OCH3 is 3. The van der Waals surface area contributed by atoms with E-state index in [1.165, 1.54) is 16.7 Å². The molecule has 0 saturated heterocycles. The second-order valence-corrected chi connectivity index (χ2v) is 11.0. The molecular formula is C25H29O3P. The van der Waals surface area contributed by atoms with Gasteiger partial charge in [-0.15, -0.1) is 0 Å². The van der Waals surface area contributed by atoms with Crippen LogP contribution in [0.2, 0.25) is 0 Å². The highest BCUT2D eigenvalue weighted by Gasteiger charge is 2.18. The van der Waals surface area contributed by atoms with Gasteiger partial charge in [-0.3, -0.25) is 0 Å². The van der Waals surface area contributed by atoms with Gasteiger partial charge in [0.05, 0.1) is 21.3 Å². The van der Waals surface area contributed by atoms with Gasteiger partial charge in [0.2, 0.25) is 0 Å². The Morgan fingerprint density at radius 2 is 0.759 bits per heavy atom. The van der Waals surface area contributed by atoms with Crippen LogP contribution in [0, 0.1) is 0 Å². The van der Waals surface area contributed by atoms with Gasteiger partial charge in [0.25, 0.3) is 0 Å². The molecule has 0 unspecified atom stereocenters. The Balaban J connectivity index is 1.85. The Kier molecular flexibility index (Phi) is 7.06. The highest BCUT2D eigenvalue weighted by atomic mass is 31.2. The molecule has 3 nitrogen and oxygen atoms in total. The summed E-state index contributed by atoms with van der Waals surface area (Å²) in [4.78, 5) is 0. The lowest BCUT2D eigenvalue weighted by Gasteiger charge is -2.26. The van der Waals surface area contributed by atoms with Crippen LogP contribution in [0.1, 0.15) is 16.7 Å². The van der Waals surface area contributed by atoms with Crippen molar-refractivity contribution in [2.45, 2.75) is 18.5 Å². The van der Waals surface area contributed by atoms with Crippen LogP contribution < -0.4 is 14.2 Å². The van der Waals surface area contributed by atoms with E-state index in [2.05, 4.69) is 36.4 Å². The van der Waals surface area contributed by atoms with E-state index in [4.69, 9.17) is 20.5 Å². The van der Waals surface area contributed by atoms with E-state index in [-0.39, 0.29) is 0 Å². The SMILES string of the molecule is C=P(Cc1ccc(OC)cc1)(Cc1ccc(OC)cc1)Cc1ccc(OC)cc1. The average molecular weight is 408 g/mol. The molecule has 0 spiro atoms. The summed E-state index contributed by atoms with van der Waals surface area (Å²) in [6.45, 7) is -1.58. The lowest BCUT2D eigenvalue weighted by molar-refractivity contribution is 0.414. The molecule has 0 aliphatic carbocycles. The summed E-state index contributed by atoms with van der Waals surface area (Å²) in [7, 11) is 5.09. The molecule has 0 aromatic heterocycles. The quantitative estimate of drug-likeness (QED) is 0.403. The summed E-state index contributed by atoms with van der Waals surface area (Å²) in [5.41, 5.74) is 3.91. The van der Waals surface area contributed by atoms with Crippen LogP contribution >= 0.6 is 6.89 Å². The van der Waals surface area contributed by atoms with Crippen LogP contribution in [0.25, 0.3) is 0 Å². The number of ether oxygens (including phenoxy) is 3. The van der Waals surface area contributed by atoms with E-state index in [1.807, 2.05) is 36.4 Å². The molecule has 0 saturated carbocycles. The molecule has 0 fully saturated rings. The fraction of sp³-hybridized carbons (Fsp3) is 0.240. The predicted octanol–water partition coefficient (Wildman–Crippen LogP) is 6.06. The topological polar surface area (TPSA) is 27.7 Å². The van der Waals surface area contributed by atoms with Crippen molar-refractivity contribution in [2.24, 2.45) is 0 Å². The molecule has 29 heavy (non-hydrogen) atoms. The van der Waals surface area contributed by atoms with E-state index < -0.39 is 6.89 Å². The zero-order valence-corrected chi connectivity index (χ0v) is 18.3. The Morgan fingerprint density at radius 1 is 0.517 bits per heavy atom. The normalized spacial score (nSPS) is 11.1. The molecule has 3 aromatic carbocycles. The van der Waals surface area contributed by atoms with Crippen molar-refractivity contribution in [3.8, 4) is 17.2 Å². The third kappa shape index (κ3) is 5.92. The molecule has 0 bridgehead atoms. The molecule has 152 valence electrons. The molecule has 3 aromatic rings. The van der Waals surface area contributed by atoms with Gasteiger partial charge in [-0.05, 0) is 71.6 Å². The maximum absolute atomic E-state index is 5.30. The van der Waals surface area contributed by atoms with Crippen LogP contribution in [0.5, 0.6) is 17.2 Å². The third-order valence-corrected chi connectivity index (χ3v) is 8.14. The van der Waals surface area contributed by atoms with Crippen molar-refractivity contribution in [2.75, 3.05) is 21.3 Å². The molecule has 0 aliphatic rings. The second-order valence-electron chi connectivity index (χ2n) is 7.36. The number of hydrogen-bond donors (Lipinski definition) is 0. The lowest BCUT2D eigenvalue weighted by Crippen LogP contribution is -1.99. The zero-order valence-electron chi connectivity index (χ0n) is 17.4. The first-order chi connectivity index (χ1) is 14.0. The van der Waals surface area contributed by atoms with Gasteiger partial charge < -0.3 is 14.2 Å². The molecular weight excluding hydrogens is 379 g/mol. The fourth-order valence-corrected chi connectivity index (χ4v) is 6.81. The van der Waals surface area contributed by atoms with Crippen LogP contribution in [0.15, 0.2) is 72.8 Å². The number of rotatable bonds is 9. The van der Waals surface area contributed by atoms with Crippen LogP contribution in [-0.4, -0.2) is 27.6 Å². The Hall–Kier alpha value is -2.64. The van der Waals surface area contributed by atoms with Gasteiger partial charge in [-0.1, -0.05) is 49.6 Å². The van der Waals surface area contributed by atoms with E-state index in [0.717, 1.165) is 35.7 Å². The van der Waals surface area contributed by atoms with Crippen molar-refractivity contribution < 1.29 is 14.2 Å². The molecule has 0 atom stereocenters. The first-order valence-corrected chi connectivity index (χ1v) is 12.2. The number of hydrogen-bond acceptors (Lipinski definition) is 3. The Bertz CT molecular complexity index is 818.